The Balaban J connectivity index is 1.24. The third kappa shape index (κ3) is 4.13. The number of pyridine rings is 1. The fraction of sp³-hybridized carbons (Fsp3) is 0.172. The molecule has 0 saturated heterocycles. The second-order valence-electron chi connectivity index (χ2n) is 10.2. The molecule has 42 heavy (non-hydrogen) atoms. The highest BCUT2D eigenvalue weighted by molar-refractivity contribution is 6.09. The number of hydrogen-bond donors (Lipinski definition) is 3. The number of aryl methyl sites for hydroxylation is 2. The molecular weight excluding hydrogens is 537 g/mol. The largest absolute Gasteiger partial charge is 0.383 e. The van der Waals surface area contributed by atoms with E-state index in [-0.39, 0.29) is 29.9 Å². The van der Waals surface area contributed by atoms with Gasteiger partial charge in [0.05, 0.1) is 17.5 Å². The Bertz CT molecular complexity index is 1950. The van der Waals surface area contributed by atoms with Crippen LogP contribution in [-0.2, 0) is 29.6 Å². The summed E-state index contributed by atoms with van der Waals surface area (Å²) in [5.41, 5.74) is 9.22. The minimum Gasteiger partial charge on any atom is -0.383 e. The molecule has 7 rings (SSSR count). The van der Waals surface area contributed by atoms with Crippen LogP contribution in [0.15, 0.2) is 66.9 Å². The molecule has 6 aromatic rings. The van der Waals surface area contributed by atoms with Crippen molar-refractivity contribution in [3.63, 3.8) is 0 Å². The highest BCUT2D eigenvalue weighted by Gasteiger charge is 2.47. The van der Waals surface area contributed by atoms with Gasteiger partial charge in [-0.3, -0.25) is 4.79 Å². The van der Waals surface area contributed by atoms with Crippen molar-refractivity contribution < 1.29 is 9.18 Å². The lowest BCUT2D eigenvalue weighted by molar-refractivity contribution is -0.119. The number of nitrogens with one attached hydrogen (secondary N) is 2. The number of amides is 1. The normalized spacial score (nSPS) is 16.1. The Morgan fingerprint density at radius 3 is 2.64 bits per heavy atom. The van der Waals surface area contributed by atoms with Crippen molar-refractivity contribution in [3.05, 3.63) is 101 Å². The monoisotopic (exact) mass is 561 g/mol. The van der Waals surface area contributed by atoms with Crippen molar-refractivity contribution >= 4 is 28.6 Å². The van der Waals surface area contributed by atoms with Gasteiger partial charge in [-0.1, -0.05) is 47.7 Å². The van der Waals surface area contributed by atoms with Crippen molar-refractivity contribution in [2.45, 2.75) is 31.7 Å². The Hall–Kier alpha value is -5.59. The van der Waals surface area contributed by atoms with Crippen LogP contribution >= 0.6 is 0 Å². The number of benzene rings is 2. The molecule has 0 bridgehead atoms. The second-order valence-corrected chi connectivity index (χ2v) is 10.2. The van der Waals surface area contributed by atoms with Crippen molar-refractivity contribution in [2.75, 3.05) is 11.1 Å². The van der Waals surface area contributed by atoms with Crippen LogP contribution in [0.4, 0.5) is 16.0 Å². The number of nitrogens with two attached hydrogens (primary N) is 1. The highest BCUT2D eigenvalue weighted by atomic mass is 19.1. The van der Waals surface area contributed by atoms with Gasteiger partial charge in [0, 0.05) is 18.2 Å². The van der Waals surface area contributed by atoms with Gasteiger partial charge in [-0.2, -0.15) is 10.3 Å². The van der Waals surface area contributed by atoms with Crippen molar-refractivity contribution in [3.8, 4) is 11.5 Å². The van der Waals surface area contributed by atoms with E-state index < -0.39 is 5.41 Å². The molecule has 13 heteroatoms. The number of H-pyrrole nitrogens is 1. The van der Waals surface area contributed by atoms with E-state index in [1.54, 1.807) is 35.1 Å². The summed E-state index contributed by atoms with van der Waals surface area (Å²) in [6.45, 7) is 1.98. The predicted octanol–water partition coefficient (Wildman–Crippen LogP) is 3.21. The van der Waals surface area contributed by atoms with Crippen LogP contribution in [0.5, 0.6) is 0 Å². The molecule has 1 atom stereocenters. The summed E-state index contributed by atoms with van der Waals surface area (Å²) in [5, 5.41) is 22.3. The SMILES string of the molecule is CC1(c2ccc(CCc3nn[nH]n3)cc2)C(=O)Nc2nc(-c3nn(Cc4ccccc4F)c4ncccc34)nc(N)c21. The first-order valence-electron chi connectivity index (χ1n) is 13.3. The molecule has 0 fully saturated rings. The smallest absolute Gasteiger partial charge is 0.240 e. The van der Waals surface area contributed by atoms with Crippen LogP contribution in [0.2, 0.25) is 0 Å². The fourth-order valence-electron chi connectivity index (χ4n) is 5.41. The van der Waals surface area contributed by atoms with Crippen molar-refractivity contribution in [2.24, 2.45) is 0 Å². The van der Waals surface area contributed by atoms with Gasteiger partial charge in [0.1, 0.15) is 28.6 Å². The van der Waals surface area contributed by atoms with Gasteiger partial charge in [-0.05, 0) is 42.7 Å². The van der Waals surface area contributed by atoms with Crippen LogP contribution in [-0.4, -0.2) is 51.3 Å². The highest BCUT2D eigenvalue weighted by Crippen LogP contribution is 2.45. The molecule has 1 unspecified atom stereocenters. The molecule has 1 amide bonds. The number of halogens is 1. The zero-order valence-electron chi connectivity index (χ0n) is 22.4. The Morgan fingerprint density at radius 1 is 1.02 bits per heavy atom. The molecule has 5 heterocycles. The third-order valence-corrected chi connectivity index (χ3v) is 7.68. The molecule has 0 aliphatic carbocycles. The number of aromatic nitrogens is 9. The maximum absolute atomic E-state index is 14.4. The Labute approximate surface area is 238 Å². The summed E-state index contributed by atoms with van der Waals surface area (Å²) in [5.74, 6) is 0.768. The zero-order chi connectivity index (χ0) is 28.8. The van der Waals surface area contributed by atoms with Gasteiger partial charge in [-0.25, -0.2) is 24.0 Å². The fourth-order valence-corrected chi connectivity index (χ4v) is 5.41. The van der Waals surface area contributed by atoms with E-state index in [4.69, 9.17) is 15.8 Å². The lowest BCUT2D eigenvalue weighted by Crippen LogP contribution is -2.33. The number of carbonyl (C=O) groups is 1. The minimum absolute atomic E-state index is 0.165. The van der Waals surface area contributed by atoms with Gasteiger partial charge in [0.2, 0.25) is 5.91 Å². The van der Waals surface area contributed by atoms with Crippen LogP contribution in [0, 0.1) is 5.82 Å². The van der Waals surface area contributed by atoms with E-state index in [2.05, 4.69) is 35.9 Å². The van der Waals surface area contributed by atoms with Crippen LogP contribution in [0.3, 0.4) is 0 Å². The maximum Gasteiger partial charge on any atom is 0.240 e. The molecule has 4 N–H and O–H groups in total. The first kappa shape index (κ1) is 25.4. The predicted molar refractivity (Wildman–Crippen MR) is 152 cm³/mol. The van der Waals surface area contributed by atoms with Crippen molar-refractivity contribution in [1.82, 2.24) is 45.4 Å². The molecule has 1 aliphatic heterocycles. The average Bonchev–Trinajstić information content (AvgIpc) is 3.71. The van der Waals surface area contributed by atoms with Gasteiger partial charge >= 0.3 is 0 Å². The minimum atomic E-state index is -1.10. The first-order chi connectivity index (χ1) is 20.4. The number of fused-ring (bicyclic) bond motifs is 2. The Kier molecular flexibility index (Phi) is 5.92. The van der Waals surface area contributed by atoms with E-state index in [0.29, 0.717) is 45.9 Å². The lowest BCUT2D eigenvalue weighted by atomic mass is 9.77. The van der Waals surface area contributed by atoms with Crippen molar-refractivity contribution in [1.29, 1.82) is 0 Å². The third-order valence-electron chi connectivity index (χ3n) is 7.68. The summed E-state index contributed by atoms with van der Waals surface area (Å²) in [7, 11) is 0. The quantitative estimate of drug-likeness (QED) is 0.265. The molecule has 208 valence electrons. The number of anilines is 2. The lowest BCUT2D eigenvalue weighted by Gasteiger charge is -2.23. The molecule has 12 nitrogen and oxygen atoms in total. The molecule has 2 aromatic carbocycles. The van der Waals surface area contributed by atoms with Crippen LogP contribution in [0.1, 0.15) is 35.0 Å². The van der Waals surface area contributed by atoms with E-state index in [9.17, 15) is 9.18 Å². The van der Waals surface area contributed by atoms with Gasteiger partial charge in [0.25, 0.3) is 0 Å². The number of carbonyl (C=O) groups excluding carboxylic acids is 1. The van der Waals surface area contributed by atoms with Crippen LogP contribution < -0.4 is 11.1 Å². The standard InChI is InChI=1S/C29H24FN11O/c1-29(18-11-8-16(9-12-18)10-13-21-36-39-40-37-21)22-24(31)33-26(34-25(22)35-28(29)42)23-19-6-4-14-32-27(19)41(38-23)15-17-5-2-3-7-20(17)30/h2-9,11-12,14H,10,13,15H2,1H3,(H,36,37,39,40)(H3,31,33,34,35,42). The van der Waals surface area contributed by atoms with E-state index >= 15 is 0 Å². The average molecular weight is 562 g/mol. The number of aromatic amines is 1. The molecule has 0 radical (unpaired) electrons. The van der Waals surface area contributed by atoms with Gasteiger partial charge in [0.15, 0.2) is 17.3 Å². The number of nitrogen functional groups attached to an aromatic ring is 1. The second kappa shape index (κ2) is 9.80. The molecular formula is C29H24FN11O. The first-order valence-corrected chi connectivity index (χ1v) is 13.3. The molecule has 0 spiro atoms. The van der Waals surface area contributed by atoms with E-state index in [0.717, 1.165) is 17.5 Å². The molecule has 0 saturated carbocycles. The number of tetrazole rings is 1. The van der Waals surface area contributed by atoms with E-state index in [1.807, 2.05) is 37.3 Å². The summed E-state index contributed by atoms with van der Waals surface area (Å²) in [4.78, 5) is 27.2. The summed E-state index contributed by atoms with van der Waals surface area (Å²) >= 11 is 0. The number of nitrogens with zero attached hydrogens (tertiary/aromatic N) is 8. The molecule has 4 aromatic heterocycles. The van der Waals surface area contributed by atoms with Crippen LogP contribution in [0.25, 0.3) is 22.6 Å². The summed E-state index contributed by atoms with van der Waals surface area (Å²) < 4.78 is 16.0. The maximum atomic E-state index is 14.4. The topological polar surface area (TPSA) is 166 Å². The van der Waals surface area contributed by atoms with Gasteiger partial charge in [-0.15, -0.1) is 10.2 Å². The van der Waals surface area contributed by atoms with E-state index in [1.165, 1.54) is 6.07 Å². The molecule has 1 aliphatic rings. The van der Waals surface area contributed by atoms with Gasteiger partial charge < -0.3 is 11.1 Å². The summed E-state index contributed by atoms with van der Waals surface area (Å²) in [6.07, 6.45) is 3.01. The Morgan fingerprint density at radius 2 is 1.86 bits per heavy atom. The number of hydrogen-bond acceptors (Lipinski definition) is 9. The zero-order valence-corrected chi connectivity index (χ0v) is 22.4. The summed E-state index contributed by atoms with van der Waals surface area (Å²) in [6, 6.07) is 17.9. The number of rotatable bonds is 7.